The lowest BCUT2D eigenvalue weighted by atomic mass is 9.76. The second kappa shape index (κ2) is 7.38. The number of fused-ring (bicyclic) bond motifs is 1. The van der Waals surface area contributed by atoms with Crippen LogP contribution in [0.5, 0.6) is 0 Å². The predicted molar refractivity (Wildman–Crippen MR) is 114 cm³/mol. The van der Waals surface area contributed by atoms with Crippen LogP contribution in [0, 0.1) is 26.2 Å². The summed E-state index contributed by atoms with van der Waals surface area (Å²) in [7, 11) is 1.97. The van der Waals surface area contributed by atoms with Crippen molar-refractivity contribution in [3.63, 3.8) is 0 Å². The number of rotatable bonds is 3. The molecular weight excluding hydrogens is 380 g/mol. The highest BCUT2D eigenvalue weighted by molar-refractivity contribution is 6.03. The van der Waals surface area contributed by atoms with E-state index >= 15 is 0 Å². The summed E-state index contributed by atoms with van der Waals surface area (Å²) in [5, 5.41) is 4.50. The van der Waals surface area contributed by atoms with E-state index in [-0.39, 0.29) is 17.1 Å². The maximum Gasteiger partial charge on any atom is 0.289 e. The third-order valence-electron chi connectivity index (χ3n) is 6.67. The molecule has 162 valence electrons. The molecule has 1 fully saturated rings. The highest BCUT2D eigenvalue weighted by atomic mass is 16.4. The minimum atomic E-state index is -0.122. The van der Waals surface area contributed by atoms with Gasteiger partial charge < -0.3 is 9.32 Å². The SMILES string of the molecule is Cc1nn(C)c(C)c1CN1CCN(C(=O)c2oc3c(c2C)C(=O)CC(C)(C)C3)CC1. The van der Waals surface area contributed by atoms with Crippen LogP contribution in [0.15, 0.2) is 4.42 Å². The third-order valence-corrected chi connectivity index (χ3v) is 6.67. The summed E-state index contributed by atoms with van der Waals surface area (Å²) in [6.45, 7) is 13.9. The summed E-state index contributed by atoms with van der Waals surface area (Å²) in [6.07, 6.45) is 1.19. The minimum absolute atomic E-state index is 0.0913. The van der Waals surface area contributed by atoms with E-state index in [1.165, 1.54) is 11.3 Å². The first-order chi connectivity index (χ1) is 14.1. The van der Waals surface area contributed by atoms with E-state index in [0.29, 0.717) is 48.6 Å². The van der Waals surface area contributed by atoms with Crippen molar-refractivity contribution < 1.29 is 14.0 Å². The van der Waals surface area contributed by atoms with Crippen LogP contribution in [0.1, 0.15) is 69.5 Å². The summed E-state index contributed by atoms with van der Waals surface area (Å²) in [5.74, 6) is 1.02. The van der Waals surface area contributed by atoms with Gasteiger partial charge in [-0.15, -0.1) is 0 Å². The Labute approximate surface area is 178 Å². The van der Waals surface area contributed by atoms with E-state index in [1.807, 2.05) is 30.5 Å². The average Bonchev–Trinajstić information content (AvgIpc) is 3.11. The van der Waals surface area contributed by atoms with Crippen molar-refractivity contribution in [3.8, 4) is 0 Å². The molecule has 0 bridgehead atoms. The Bertz CT molecular complexity index is 1010. The van der Waals surface area contributed by atoms with Gasteiger partial charge in [-0.1, -0.05) is 13.8 Å². The number of aryl methyl sites for hydroxylation is 2. The van der Waals surface area contributed by atoms with Crippen LogP contribution in [0.3, 0.4) is 0 Å². The van der Waals surface area contributed by atoms with Crippen LogP contribution < -0.4 is 0 Å². The summed E-state index contributed by atoms with van der Waals surface area (Å²) < 4.78 is 7.90. The molecule has 1 saturated heterocycles. The van der Waals surface area contributed by atoms with E-state index in [0.717, 1.165) is 25.3 Å². The van der Waals surface area contributed by atoms with Gasteiger partial charge in [0.2, 0.25) is 0 Å². The van der Waals surface area contributed by atoms with Crippen LogP contribution in [0.2, 0.25) is 0 Å². The molecule has 0 spiro atoms. The predicted octanol–water partition coefficient (Wildman–Crippen LogP) is 3.05. The lowest BCUT2D eigenvalue weighted by molar-refractivity contribution is 0.0592. The van der Waals surface area contributed by atoms with Crippen molar-refractivity contribution in [2.24, 2.45) is 12.5 Å². The summed E-state index contributed by atoms with van der Waals surface area (Å²) in [5.41, 5.74) is 4.75. The Hall–Kier alpha value is -2.41. The van der Waals surface area contributed by atoms with E-state index in [1.54, 1.807) is 0 Å². The maximum absolute atomic E-state index is 13.2. The molecule has 4 rings (SSSR count). The highest BCUT2D eigenvalue weighted by Crippen LogP contribution is 2.38. The smallest absolute Gasteiger partial charge is 0.289 e. The molecule has 2 aromatic heterocycles. The largest absolute Gasteiger partial charge is 0.455 e. The summed E-state index contributed by atoms with van der Waals surface area (Å²) >= 11 is 0. The average molecular weight is 413 g/mol. The first-order valence-corrected chi connectivity index (χ1v) is 10.7. The molecule has 0 radical (unpaired) electrons. The number of aromatic nitrogens is 2. The molecular formula is C23H32N4O3. The second-order valence-electron chi connectivity index (χ2n) is 9.64. The molecule has 0 atom stereocenters. The topological polar surface area (TPSA) is 71.6 Å². The van der Waals surface area contributed by atoms with Gasteiger partial charge in [0.05, 0.1) is 11.3 Å². The molecule has 0 N–H and O–H groups in total. The molecule has 2 aliphatic rings. The molecule has 0 aromatic carbocycles. The summed E-state index contributed by atoms with van der Waals surface area (Å²) in [4.78, 5) is 30.0. The van der Waals surface area contributed by atoms with Crippen LogP contribution in [0.25, 0.3) is 0 Å². The number of furan rings is 1. The zero-order chi connectivity index (χ0) is 21.8. The molecule has 7 heteroatoms. The fourth-order valence-electron chi connectivity index (χ4n) is 4.81. The highest BCUT2D eigenvalue weighted by Gasteiger charge is 2.38. The molecule has 2 aromatic rings. The van der Waals surface area contributed by atoms with Crippen LogP contribution in [-0.4, -0.2) is 57.4 Å². The van der Waals surface area contributed by atoms with Crippen molar-refractivity contribution in [2.75, 3.05) is 26.2 Å². The van der Waals surface area contributed by atoms with Crippen LogP contribution >= 0.6 is 0 Å². The fraction of sp³-hybridized carbons (Fsp3) is 0.609. The lowest BCUT2D eigenvalue weighted by Crippen LogP contribution is -2.48. The first-order valence-electron chi connectivity index (χ1n) is 10.7. The number of hydrogen-bond acceptors (Lipinski definition) is 5. The number of hydrogen-bond donors (Lipinski definition) is 0. The number of piperazine rings is 1. The molecule has 0 saturated carbocycles. The van der Waals surface area contributed by atoms with Gasteiger partial charge >= 0.3 is 0 Å². The molecule has 0 unspecified atom stereocenters. The molecule has 1 aliphatic heterocycles. The van der Waals surface area contributed by atoms with E-state index < -0.39 is 0 Å². The zero-order valence-corrected chi connectivity index (χ0v) is 19.0. The molecule has 1 aliphatic carbocycles. The van der Waals surface area contributed by atoms with E-state index in [4.69, 9.17) is 4.42 Å². The standard InChI is InChI=1S/C23H32N4O3/c1-14-20-18(28)11-23(4,5)12-19(20)30-21(14)22(29)27-9-7-26(8-10-27)13-17-15(2)24-25(6)16(17)3/h7-13H2,1-6H3. The van der Waals surface area contributed by atoms with Gasteiger partial charge in [-0.25, -0.2) is 0 Å². The number of amides is 1. The number of ketones is 1. The van der Waals surface area contributed by atoms with Gasteiger partial charge in [0.15, 0.2) is 11.5 Å². The van der Waals surface area contributed by atoms with Crippen molar-refractivity contribution in [2.45, 2.75) is 54.0 Å². The normalized spacial score (nSPS) is 19.3. The quantitative estimate of drug-likeness (QED) is 0.775. The molecule has 3 heterocycles. The minimum Gasteiger partial charge on any atom is -0.455 e. The van der Waals surface area contributed by atoms with Crippen molar-refractivity contribution >= 4 is 11.7 Å². The molecule has 30 heavy (non-hydrogen) atoms. The van der Waals surface area contributed by atoms with Gasteiger partial charge in [0.1, 0.15) is 5.76 Å². The maximum atomic E-state index is 13.2. The van der Waals surface area contributed by atoms with Gasteiger partial charge in [-0.05, 0) is 26.2 Å². The van der Waals surface area contributed by atoms with E-state index in [2.05, 4.69) is 30.8 Å². The van der Waals surface area contributed by atoms with E-state index in [9.17, 15) is 9.59 Å². The lowest BCUT2D eigenvalue weighted by Gasteiger charge is -2.34. The Balaban J connectivity index is 1.45. The molecule has 1 amide bonds. The third kappa shape index (κ3) is 3.60. The Morgan fingerprint density at radius 1 is 1.10 bits per heavy atom. The monoisotopic (exact) mass is 412 g/mol. The Kier molecular flexibility index (Phi) is 5.12. The number of carbonyl (C=O) groups excluding carboxylic acids is 2. The second-order valence-corrected chi connectivity index (χ2v) is 9.64. The van der Waals surface area contributed by atoms with Crippen LogP contribution in [0.4, 0.5) is 0 Å². The first kappa shape index (κ1) is 20.8. The fourth-order valence-corrected chi connectivity index (χ4v) is 4.81. The van der Waals surface area contributed by atoms with Gasteiger partial charge in [-0.3, -0.25) is 19.2 Å². The number of carbonyl (C=O) groups is 2. The van der Waals surface area contributed by atoms with Gasteiger partial charge in [0.25, 0.3) is 5.91 Å². The van der Waals surface area contributed by atoms with Crippen molar-refractivity contribution in [1.82, 2.24) is 19.6 Å². The molecule has 7 nitrogen and oxygen atoms in total. The van der Waals surface area contributed by atoms with Gasteiger partial charge in [-0.2, -0.15) is 5.10 Å². The Morgan fingerprint density at radius 2 is 1.77 bits per heavy atom. The van der Waals surface area contributed by atoms with Crippen molar-refractivity contribution in [1.29, 1.82) is 0 Å². The number of Topliss-reactive ketones (excluding diaryl/α,β-unsaturated/α-hetero) is 1. The summed E-state index contributed by atoms with van der Waals surface area (Å²) in [6, 6.07) is 0. The van der Waals surface area contributed by atoms with Crippen LogP contribution in [-0.2, 0) is 20.0 Å². The Morgan fingerprint density at radius 3 is 2.37 bits per heavy atom. The zero-order valence-electron chi connectivity index (χ0n) is 19.0. The number of nitrogens with zero attached hydrogens (tertiary/aromatic N) is 4. The van der Waals surface area contributed by atoms with Gasteiger partial charge in [0, 0.05) is 69.4 Å². The van der Waals surface area contributed by atoms with Crippen molar-refractivity contribution in [3.05, 3.63) is 39.6 Å².